The molecule has 1 aromatic carbocycles. The Labute approximate surface area is 147 Å². The number of piperidine rings is 1. The van der Waals surface area contributed by atoms with Crippen LogP contribution in [-0.2, 0) is 10.2 Å². The first-order chi connectivity index (χ1) is 10.7. The van der Waals surface area contributed by atoms with Gasteiger partial charge in [-0.1, -0.05) is 35.3 Å². The number of carbonyl (C=O) groups excluding carboxylic acids is 1. The number of amides is 1. The minimum Gasteiger partial charge on any atom is -0.444 e. The molecule has 1 amide bonds. The van der Waals surface area contributed by atoms with E-state index in [0.717, 1.165) is 5.56 Å². The highest BCUT2D eigenvalue weighted by atomic mass is 35.5. The molecule has 0 aromatic heterocycles. The minimum absolute atomic E-state index is 0.104. The zero-order valence-electron chi connectivity index (χ0n) is 13.6. The number of likely N-dealkylation sites (tertiary alicyclic amines) is 1. The van der Waals surface area contributed by atoms with Crippen LogP contribution >= 0.6 is 23.2 Å². The molecule has 0 bridgehead atoms. The van der Waals surface area contributed by atoms with Crippen LogP contribution in [0.4, 0.5) is 4.79 Å². The van der Waals surface area contributed by atoms with Crippen molar-refractivity contribution in [3.63, 3.8) is 0 Å². The number of hydrogen-bond donors (Lipinski definition) is 0. The lowest BCUT2D eigenvalue weighted by Crippen LogP contribution is -2.38. The van der Waals surface area contributed by atoms with Gasteiger partial charge in [-0.15, -0.1) is 6.58 Å². The number of benzene rings is 1. The molecule has 1 aromatic rings. The number of allylic oxidation sites excluding steroid dienone is 1. The van der Waals surface area contributed by atoms with Crippen LogP contribution in [0.2, 0.25) is 10.0 Å². The standard InChI is InChI=1S/C18H21Cl2NO2/c1-5-18(11-6-7-14(19)15(20)8-11)12-9-21(10-13(12)18)16(22)23-17(2,3)4/h5-8,12-13H,1,9-10H2,2-4H3. The number of halogens is 2. The molecule has 23 heavy (non-hydrogen) atoms. The highest BCUT2D eigenvalue weighted by Gasteiger charge is 2.68. The van der Waals surface area contributed by atoms with Crippen molar-refractivity contribution in [1.82, 2.24) is 4.90 Å². The van der Waals surface area contributed by atoms with Crippen molar-refractivity contribution < 1.29 is 9.53 Å². The summed E-state index contributed by atoms with van der Waals surface area (Å²) in [7, 11) is 0. The lowest BCUT2D eigenvalue weighted by atomic mass is 9.90. The first-order valence-electron chi connectivity index (χ1n) is 7.76. The Morgan fingerprint density at radius 3 is 2.39 bits per heavy atom. The molecule has 2 fully saturated rings. The van der Waals surface area contributed by atoms with Crippen molar-refractivity contribution >= 4 is 29.3 Å². The predicted octanol–water partition coefficient (Wildman–Crippen LogP) is 4.91. The molecule has 1 aliphatic heterocycles. The summed E-state index contributed by atoms with van der Waals surface area (Å²) < 4.78 is 5.46. The highest BCUT2D eigenvalue weighted by Crippen LogP contribution is 2.64. The quantitative estimate of drug-likeness (QED) is 0.706. The molecule has 2 unspecified atom stereocenters. The van der Waals surface area contributed by atoms with Gasteiger partial charge in [0.25, 0.3) is 0 Å². The van der Waals surface area contributed by atoms with Gasteiger partial charge in [0.1, 0.15) is 5.60 Å². The maximum atomic E-state index is 12.2. The van der Waals surface area contributed by atoms with Gasteiger partial charge in [0.05, 0.1) is 10.0 Å². The van der Waals surface area contributed by atoms with Crippen LogP contribution in [0.25, 0.3) is 0 Å². The fourth-order valence-corrected chi connectivity index (χ4v) is 4.06. The molecule has 3 rings (SSSR count). The third kappa shape index (κ3) is 2.74. The van der Waals surface area contributed by atoms with Gasteiger partial charge in [-0.05, 0) is 50.3 Å². The molecule has 0 radical (unpaired) electrons. The lowest BCUT2D eigenvalue weighted by molar-refractivity contribution is 0.0265. The summed E-state index contributed by atoms with van der Waals surface area (Å²) in [6.07, 6.45) is 1.76. The molecule has 1 saturated carbocycles. The van der Waals surface area contributed by atoms with Crippen molar-refractivity contribution in [1.29, 1.82) is 0 Å². The molecule has 0 N–H and O–H groups in total. The third-order valence-corrected chi connectivity index (χ3v) is 5.59. The monoisotopic (exact) mass is 353 g/mol. The van der Waals surface area contributed by atoms with Crippen molar-refractivity contribution in [2.75, 3.05) is 13.1 Å². The number of fused-ring (bicyclic) bond motifs is 1. The Morgan fingerprint density at radius 2 is 1.91 bits per heavy atom. The van der Waals surface area contributed by atoms with E-state index >= 15 is 0 Å². The molecular formula is C18H21Cl2NO2. The fourth-order valence-electron chi connectivity index (χ4n) is 3.76. The van der Waals surface area contributed by atoms with Gasteiger partial charge >= 0.3 is 6.09 Å². The number of ether oxygens (including phenoxy) is 1. The Morgan fingerprint density at radius 1 is 1.30 bits per heavy atom. The van der Waals surface area contributed by atoms with Gasteiger partial charge < -0.3 is 9.64 Å². The van der Waals surface area contributed by atoms with E-state index in [2.05, 4.69) is 6.58 Å². The molecule has 1 saturated heterocycles. The summed E-state index contributed by atoms with van der Waals surface area (Å²) in [5.41, 5.74) is 0.552. The van der Waals surface area contributed by atoms with Gasteiger partial charge in [-0.3, -0.25) is 0 Å². The van der Waals surface area contributed by atoms with Crippen LogP contribution in [-0.4, -0.2) is 29.7 Å². The average molecular weight is 354 g/mol. The lowest BCUT2D eigenvalue weighted by Gasteiger charge is -2.28. The van der Waals surface area contributed by atoms with E-state index in [1.54, 1.807) is 4.90 Å². The van der Waals surface area contributed by atoms with E-state index in [1.165, 1.54) is 0 Å². The van der Waals surface area contributed by atoms with Gasteiger partial charge in [-0.2, -0.15) is 0 Å². The first-order valence-corrected chi connectivity index (χ1v) is 8.51. The molecule has 124 valence electrons. The van der Waals surface area contributed by atoms with Crippen LogP contribution in [0.3, 0.4) is 0 Å². The van der Waals surface area contributed by atoms with Crippen LogP contribution in [0.1, 0.15) is 26.3 Å². The molecule has 3 nitrogen and oxygen atoms in total. The van der Waals surface area contributed by atoms with Gasteiger partial charge in [-0.25, -0.2) is 4.79 Å². The van der Waals surface area contributed by atoms with Gasteiger partial charge in [0, 0.05) is 18.5 Å². The second kappa shape index (κ2) is 5.42. The van der Waals surface area contributed by atoms with E-state index in [4.69, 9.17) is 27.9 Å². The average Bonchev–Trinajstić information content (AvgIpc) is 2.84. The molecule has 0 spiro atoms. The number of hydrogen-bond acceptors (Lipinski definition) is 2. The maximum absolute atomic E-state index is 12.2. The zero-order valence-corrected chi connectivity index (χ0v) is 15.1. The maximum Gasteiger partial charge on any atom is 0.410 e. The summed E-state index contributed by atoms with van der Waals surface area (Å²) in [5.74, 6) is 0.731. The molecular weight excluding hydrogens is 333 g/mol. The van der Waals surface area contributed by atoms with E-state index < -0.39 is 5.60 Å². The summed E-state index contributed by atoms with van der Waals surface area (Å²) in [6, 6.07) is 5.75. The first kappa shape index (κ1) is 16.7. The van der Waals surface area contributed by atoms with Gasteiger partial charge in [0.15, 0.2) is 0 Å². The summed E-state index contributed by atoms with van der Waals surface area (Å²) in [4.78, 5) is 14.0. The van der Waals surface area contributed by atoms with Crippen molar-refractivity contribution in [3.05, 3.63) is 46.5 Å². The topological polar surface area (TPSA) is 29.5 Å². The van der Waals surface area contributed by atoms with E-state index in [0.29, 0.717) is 35.0 Å². The third-order valence-electron chi connectivity index (χ3n) is 4.85. The smallest absolute Gasteiger partial charge is 0.410 e. The Kier molecular flexibility index (Phi) is 3.93. The largest absolute Gasteiger partial charge is 0.444 e. The second-order valence-electron chi connectivity index (χ2n) is 7.36. The fraction of sp³-hybridized carbons (Fsp3) is 0.500. The zero-order chi connectivity index (χ0) is 17.0. The summed E-state index contributed by atoms with van der Waals surface area (Å²) in [6.45, 7) is 11.0. The van der Waals surface area contributed by atoms with E-state index in [-0.39, 0.29) is 11.5 Å². The van der Waals surface area contributed by atoms with E-state index in [9.17, 15) is 4.79 Å². The molecule has 2 atom stereocenters. The normalized spacial score (nSPS) is 29.2. The molecule has 5 heteroatoms. The number of rotatable bonds is 2. The van der Waals surface area contributed by atoms with Gasteiger partial charge in [0.2, 0.25) is 0 Å². The van der Waals surface area contributed by atoms with Crippen molar-refractivity contribution in [2.45, 2.75) is 31.8 Å². The van der Waals surface area contributed by atoms with Crippen LogP contribution in [0, 0.1) is 11.8 Å². The molecule has 1 heterocycles. The summed E-state index contributed by atoms with van der Waals surface area (Å²) in [5, 5.41) is 1.11. The summed E-state index contributed by atoms with van der Waals surface area (Å²) >= 11 is 12.2. The minimum atomic E-state index is -0.469. The van der Waals surface area contributed by atoms with E-state index in [1.807, 2.05) is 45.0 Å². The predicted molar refractivity (Wildman–Crippen MR) is 93.1 cm³/mol. The highest BCUT2D eigenvalue weighted by molar-refractivity contribution is 6.42. The second-order valence-corrected chi connectivity index (χ2v) is 8.18. The Balaban J connectivity index is 1.75. The Hall–Kier alpha value is -1.19. The molecule has 2 aliphatic rings. The van der Waals surface area contributed by atoms with Crippen molar-refractivity contribution in [3.8, 4) is 0 Å². The van der Waals surface area contributed by atoms with Crippen molar-refractivity contribution in [2.24, 2.45) is 11.8 Å². The van der Waals surface area contributed by atoms with Crippen LogP contribution < -0.4 is 0 Å². The number of carbonyl (C=O) groups is 1. The molecule has 1 aliphatic carbocycles. The SMILES string of the molecule is C=CC1(c2ccc(Cl)c(Cl)c2)C2CN(C(=O)OC(C)(C)C)CC21. The van der Waals surface area contributed by atoms with Crippen LogP contribution in [0.5, 0.6) is 0 Å². The number of nitrogens with zero attached hydrogens (tertiary/aromatic N) is 1. The van der Waals surface area contributed by atoms with Crippen LogP contribution in [0.15, 0.2) is 30.9 Å². The Bertz CT molecular complexity index is 653.